The van der Waals surface area contributed by atoms with Gasteiger partial charge in [0.05, 0.1) is 29.2 Å². The molecule has 0 radical (unpaired) electrons. The van der Waals surface area contributed by atoms with Gasteiger partial charge in [0.15, 0.2) is 5.82 Å². The van der Waals surface area contributed by atoms with Gasteiger partial charge in [0.1, 0.15) is 11.5 Å². The minimum Gasteiger partial charge on any atom is -0.355 e. The van der Waals surface area contributed by atoms with E-state index in [9.17, 15) is 4.39 Å². The quantitative estimate of drug-likeness (QED) is 0.785. The number of benzene rings is 1. The molecule has 2 aliphatic rings. The zero-order valence-electron chi connectivity index (χ0n) is 15.0. The van der Waals surface area contributed by atoms with E-state index in [4.69, 9.17) is 16.6 Å². The second-order valence-electron chi connectivity index (χ2n) is 7.07. The predicted octanol–water partition coefficient (Wildman–Crippen LogP) is 4.64. The van der Waals surface area contributed by atoms with Gasteiger partial charge in [0.25, 0.3) is 0 Å². The molecule has 136 valence electrons. The van der Waals surface area contributed by atoms with Crippen molar-refractivity contribution in [2.24, 2.45) is 10.9 Å². The van der Waals surface area contributed by atoms with Crippen LogP contribution in [0.2, 0.25) is 5.02 Å². The molecule has 0 bridgehead atoms. The second-order valence-corrected chi connectivity index (χ2v) is 7.47. The van der Waals surface area contributed by atoms with Crippen molar-refractivity contribution in [3.05, 3.63) is 52.2 Å². The summed E-state index contributed by atoms with van der Waals surface area (Å²) >= 11 is 5.91. The molecule has 0 spiro atoms. The highest BCUT2D eigenvalue weighted by Gasteiger charge is 2.31. The summed E-state index contributed by atoms with van der Waals surface area (Å²) in [5, 5.41) is 0.0924. The Morgan fingerprint density at radius 2 is 2.15 bits per heavy atom. The number of hydrogen-bond donors (Lipinski definition) is 0. The lowest BCUT2D eigenvalue weighted by Crippen LogP contribution is -2.35. The highest BCUT2D eigenvalue weighted by molar-refractivity contribution is 6.31. The van der Waals surface area contributed by atoms with E-state index in [-0.39, 0.29) is 5.02 Å². The lowest BCUT2D eigenvalue weighted by molar-refractivity contribution is 0.449. The number of halogens is 2. The third kappa shape index (κ3) is 2.88. The molecule has 26 heavy (non-hydrogen) atoms. The van der Waals surface area contributed by atoms with Crippen LogP contribution in [0.15, 0.2) is 29.4 Å². The first-order valence-corrected chi connectivity index (χ1v) is 9.56. The van der Waals surface area contributed by atoms with Crippen LogP contribution in [0.5, 0.6) is 0 Å². The highest BCUT2D eigenvalue weighted by Crippen LogP contribution is 2.34. The Balaban J connectivity index is 1.63. The van der Waals surface area contributed by atoms with Gasteiger partial charge in [-0.25, -0.2) is 14.4 Å². The summed E-state index contributed by atoms with van der Waals surface area (Å²) in [4.78, 5) is 16.1. The number of fused-ring (bicyclic) bond motifs is 1. The zero-order chi connectivity index (χ0) is 18.3. The van der Waals surface area contributed by atoms with E-state index in [1.807, 2.05) is 0 Å². The van der Waals surface area contributed by atoms with E-state index >= 15 is 0 Å². The Morgan fingerprint density at radius 3 is 2.96 bits per heavy atom. The van der Waals surface area contributed by atoms with Gasteiger partial charge in [-0.2, -0.15) is 0 Å². The Morgan fingerprint density at radius 1 is 1.31 bits per heavy atom. The molecule has 0 N–H and O–H groups in total. The molecule has 2 heterocycles. The standard InChI is InChI=1S/C20H22ClFN4/c1-3-12-6-4-9-16(12)26(2)17-11-24-20-15(25-17)10-23-19(20)13-7-5-8-14(21)18(13)22/h5,7-8,11-12,16H,3-4,6,9-10H2,1-2H3/t12-,16+/m1/s1. The monoisotopic (exact) mass is 372 g/mol. The fourth-order valence-electron chi connectivity index (χ4n) is 4.20. The smallest absolute Gasteiger partial charge is 0.151 e. The molecule has 0 amide bonds. The largest absolute Gasteiger partial charge is 0.355 e. The summed E-state index contributed by atoms with van der Waals surface area (Å²) in [5.41, 5.74) is 2.37. The minimum absolute atomic E-state index is 0.0924. The fraction of sp³-hybridized carbons (Fsp3) is 0.450. The SMILES string of the molecule is CC[C@@H]1CCC[C@@H]1N(C)c1cnc2c(n1)CN=C2c1cccc(Cl)c1F. The van der Waals surface area contributed by atoms with E-state index in [1.54, 1.807) is 18.3 Å². The molecular formula is C20H22ClFN4. The van der Waals surface area contributed by atoms with Crippen LogP contribution in [-0.2, 0) is 6.54 Å². The molecule has 1 aromatic heterocycles. The van der Waals surface area contributed by atoms with Crippen LogP contribution < -0.4 is 4.90 Å². The van der Waals surface area contributed by atoms with Gasteiger partial charge >= 0.3 is 0 Å². The van der Waals surface area contributed by atoms with Gasteiger partial charge in [0.2, 0.25) is 0 Å². The van der Waals surface area contributed by atoms with Crippen molar-refractivity contribution < 1.29 is 4.39 Å². The minimum atomic E-state index is -0.458. The van der Waals surface area contributed by atoms with E-state index in [0.29, 0.717) is 35.5 Å². The maximum Gasteiger partial charge on any atom is 0.151 e. The number of rotatable bonds is 4. The summed E-state index contributed by atoms with van der Waals surface area (Å²) < 4.78 is 14.4. The molecule has 1 aromatic carbocycles. The van der Waals surface area contributed by atoms with E-state index in [0.717, 1.165) is 11.5 Å². The Bertz CT molecular complexity index is 867. The second kappa shape index (κ2) is 6.95. The van der Waals surface area contributed by atoms with Crippen molar-refractivity contribution in [1.29, 1.82) is 0 Å². The van der Waals surface area contributed by atoms with Crippen LogP contribution in [0, 0.1) is 11.7 Å². The topological polar surface area (TPSA) is 41.4 Å². The van der Waals surface area contributed by atoms with Crippen LogP contribution in [0.25, 0.3) is 0 Å². The van der Waals surface area contributed by atoms with Crippen molar-refractivity contribution in [3.63, 3.8) is 0 Å². The molecule has 4 nitrogen and oxygen atoms in total. The molecular weight excluding hydrogens is 351 g/mol. The van der Waals surface area contributed by atoms with Crippen molar-refractivity contribution in [1.82, 2.24) is 9.97 Å². The third-order valence-electron chi connectivity index (χ3n) is 5.65. The van der Waals surface area contributed by atoms with Crippen molar-refractivity contribution >= 4 is 23.1 Å². The third-order valence-corrected chi connectivity index (χ3v) is 5.94. The van der Waals surface area contributed by atoms with Crippen LogP contribution in [0.1, 0.15) is 49.6 Å². The Kier molecular flexibility index (Phi) is 4.65. The van der Waals surface area contributed by atoms with Gasteiger partial charge in [-0.1, -0.05) is 37.4 Å². The van der Waals surface area contributed by atoms with Gasteiger partial charge in [-0.05, 0) is 30.9 Å². The molecule has 2 atom stereocenters. The molecule has 4 rings (SSSR count). The maximum absolute atomic E-state index is 14.4. The first-order valence-electron chi connectivity index (χ1n) is 9.18. The van der Waals surface area contributed by atoms with Crippen LogP contribution in [0.3, 0.4) is 0 Å². The average molecular weight is 373 g/mol. The van der Waals surface area contributed by atoms with E-state index < -0.39 is 5.82 Å². The Hall–Kier alpha value is -2.01. The summed E-state index contributed by atoms with van der Waals surface area (Å²) in [6.07, 6.45) is 6.73. The number of anilines is 1. The predicted molar refractivity (Wildman–Crippen MR) is 103 cm³/mol. The number of aliphatic imine (C=N–C) groups is 1. The van der Waals surface area contributed by atoms with Gasteiger partial charge < -0.3 is 4.90 Å². The molecule has 0 saturated heterocycles. The maximum atomic E-state index is 14.4. The van der Waals surface area contributed by atoms with Gasteiger partial charge in [-0.15, -0.1) is 0 Å². The lowest BCUT2D eigenvalue weighted by atomic mass is 9.99. The van der Waals surface area contributed by atoms with E-state index in [1.165, 1.54) is 31.7 Å². The highest BCUT2D eigenvalue weighted by atomic mass is 35.5. The van der Waals surface area contributed by atoms with Crippen LogP contribution in [-0.4, -0.2) is 28.8 Å². The molecule has 0 unspecified atom stereocenters. The molecule has 2 aromatic rings. The molecule has 1 aliphatic heterocycles. The summed E-state index contributed by atoms with van der Waals surface area (Å²) in [7, 11) is 2.10. The van der Waals surface area contributed by atoms with Crippen molar-refractivity contribution in [3.8, 4) is 0 Å². The number of nitrogens with zero attached hydrogens (tertiary/aromatic N) is 4. The lowest BCUT2D eigenvalue weighted by Gasteiger charge is -2.30. The number of hydrogen-bond acceptors (Lipinski definition) is 4. The van der Waals surface area contributed by atoms with E-state index in [2.05, 4.69) is 28.8 Å². The van der Waals surface area contributed by atoms with Gasteiger partial charge in [0, 0.05) is 18.7 Å². The van der Waals surface area contributed by atoms with Gasteiger partial charge in [-0.3, -0.25) is 4.99 Å². The fourth-order valence-corrected chi connectivity index (χ4v) is 4.37. The van der Waals surface area contributed by atoms with Crippen molar-refractivity contribution in [2.75, 3.05) is 11.9 Å². The van der Waals surface area contributed by atoms with Crippen LogP contribution >= 0.6 is 11.6 Å². The molecule has 1 aliphatic carbocycles. The first-order chi connectivity index (χ1) is 12.6. The zero-order valence-corrected chi connectivity index (χ0v) is 15.8. The van der Waals surface area contributed by atoms with Crippen LogP contribution in [0.4, 0.5) is 10.2 Å². The summed E-state index contributed by atoms with van der Waals surface area (Å²) in [5.74, 6) is 1.13. The van der Waals surface area contributed by atoms with Crippen molar-refractivity contribution in [2.45, 2.75) is 45.2 Å². The summed E-state index contributed by atoms with van der Waals surface area (Å²) in [6, 6.07) is 5.45. The first kappa shape index (κ1) is 17.4. The average Bonchev–Trinajstić information content (AvgIpc) is 3.29. The molecule has 1 fully saturated rings. The normalized spacial score (nSPS) is 21.6. The Labute approximate surface area is 158 Å². The molecule has 1 saturated carbocycles. The molecule has 6 heteroatoms. The number of aromatic nitrogens is 2. The summed E-state index contributed by atoms with van der Waals surface area (Å²) in [6.45, 7) is 2.68.